The molecule has 1 aliphatic rings. The summed E-state index contributed by atoms with van der Waals surface area (Å²) in [5, 5.41) is 0.0326. The number of aryl methyl sites for hydroxylation is 1. The number of hydrogen-bond acceptors (Lipinski definition) is 6. The average Bonchev–Trinajstić information content (AvgIpc) is 3.55. The van der Waals surface area contributed by atoms with Gasteiger partial charge in [-0.15, -0.1) is 0 Å². The van der Waals surface area contributed by atoms with E-state index in [1.54, 1.807) is 27.8 Å². The quantitative estimate of drug-likeness (QED) is 0.414. The number of nitrogens with zero attached hydrogens (tertiary/aromatic N) is 3. The summed E-state index contributed by atoms with van der Waals surface area (Å²) in [6.07, 6.45) is 4.82. The molecule has 0 aliphatic carbocycles. The molecular formula is C26H33N3O5S. The molecule has 1 saturated heterocycles. The summed E-state index contributed by atoms with van der Waals surface area (Å²) in [6, 6.07) is 10.8. The van der Waals surface area contributed by atoms with Crippen LogP contribution in [-0.2, 0) is 33.4 Å². The lowest BCUT2D eigenvalue weighted by Gasteiger charge is -2.25. The number of hydrogen-bond donors (Lipinski definition) is 0. The van der Waals surface area contributed by atoms with Gasteiger partial charge < -0.3 is 18.6 Å². The fourth-order valence-electron chi connectivity index (χ4n) is 4.42. The van der Waals surface area contributed by atoms with Crippen LogP contribution in [0.5, 0.6) is 0 Å². The van der Waals surface area contributed by atoms with Gasteiger partial charge in [-0.25, -0.2) is 13.4 Å². The fraction of sp³-hybridized carbons (Fsp3) is 0.462. The second kappa shape index (κ2) is 10.8. The third kappa shape index (κ3) is 6.21. The lowest BCUT2D eigenvalue weighted by molar-refractivity contribution is 0.0477. The molecule has 3 heterocycles. The molecule has 0 unspecified atom stereocenters. The molecule has 1 aromatic carbocycles. The van der Waals surface area contributed by atoms with Crippen molar-refractivity contribution in [2.24, 2.45) is 5.92 Å². The van der Waals surface area contributed by atoms with Gasteiger partial charge in [0.15, 0.2) is 5.76 Å². The average molecular weight is 500 g/mol. The van der Waals surface area contributed by atoms with E-state index in [9.17, 15) is 13.2 Å². The minimum absolute atomic E-state index is 0.0326. The molecule has 0 N–H and O–H groups in total. The van der Waals surface area contributed by atoms with E-state index < -0.39 is 9.84 Å². The van der Waals surface area contributed by atoms with Crippen LogP contribution in [0.4, 0.5) is 0 Å². The molecular weight excluding hydrogens is 466 g/mol. The van der Waals surface area contributed by atoms with Crippen LogP contribution in [0.15, 0.2) is 58.4 Å². The van der Waals surface area contributed by atoms with Gasteiger partial charge >= 0.3 is 0 Å². The number of amides is 1. The van der Waals surface area contributed by atoms with Crippen LogP contribution in [-0.4, -0.2) is 48.0 Å². The van der Waals surface area contributed by atoms with E-state index in [1.165, 1.54) is 6.26 Å². The highest BCUT2D eigenvalue weighted by molar-refractivity contribution is 7.90. The van der Waals surface area contributed by atoms with Gasteiger partial charge in [0.25, 0.3) is 5.91 Å². The van der Waals surface area contributed by atoms with Crippen molar-refractivity contribution < 1.29 is 22.4 Å². The topological polar surface area (TPSA) is 94.6 Å². The summed E-state index contributed by atoms with van der Waals surface area (Å²) in [6.45, 7) is 7.75. The van der Waals surface area contributed by atoms with E-state index in [0.717, 1.165) is 24.0 Å². The zero-order valence-electron chi connectivity index (χ0n) is 20.5. The monoisotopic (exact) mass is 499 g/mol. The van der Waals surface area contributed by atoms with E-state index in [1.807, 2.05) is 45.0 Å². The number of rotatable bonds is 10. The van der Waals surface area contributed by atoms with E-state index in [-0.39, 0.29) is 41.1 Å². The number of ether oxygens (including phenoxy) is 1. The Hall–Kier alpha value is -2.91. The van der Waals surface area contributed by atoms with E-state index >= 15 is 0 Å². The minimum Gasteiger partial charge on any atom is -0.459 e. The Balaban J connectivity index is 1.65. The molecule has 1 amide bonds. The smallest absolute Gasteiger partial charge is 0.289 e. The lowest BCUT2D eigenvalue weighted by Crippen LogP contribution is -2.37. The second-order valence-electron chi connectivity index (χ2n) is 9.58. The number of imidazole rings is 1. The third-order valence-electron chi connectivity index (χ3n) is 5.99. The lowest BCUT2D eigenvalue weighted by atomic mass is 10.2. The Labute approximate surface area is 206 Å². The molecule has 0 radical (unpaired) electrons. The number of aromatic nitrogens is 2. The van der Waals surface area contributed by atoms with E-state index in [0.29, 0.717) is 25.4 Å². The highest BCUT2D eigenvalue weighted by Gasteiger charge is 2.29. The molecule has 9 heteroatoms. The molecule has 35 heavy (non-hydrogen) atoms. The van der Waals surface area contributed by atoms with Crippen molar-refractivity contribution in [2.75, 3.05) is 13.2 Å². The van der Waals surface area contributed by atoms with Crippen molar-refractivity contribution >= 4 is 15.7 Å². The van der Waals surface area contributed by atoms with Crippen LogP contribution in [0.3, 0.4) is 0 Å². The maximum atomic E-state index is 13.4. The maximum Gasteiger partial charge on any atom is 0.289 e. The van der Waals surface area contributed by atoms with E-state index in [4.69, 9.17) is 9.15 Å². The second-order valence-corrected chi connectivity index (χ2v) is 11.5. The summed E-state index contributed by atoms with van der Waals surface area (Å²) in [4.78, 5) is 19.3. The van der Waals surface area contributed by atoms with Crippen molar-refractivity contribution in [2.45, 2.75) is 63.7 Å². The molecule has 1 fully saturated rings. The summed E-state index contributed by atoms with van der Waals surface area (Å²) >= 11 is 0. The summed E-state index contributed by atoms with van der Waals surface area (Å²) < 4.78 is 39.7. The molecule has 1 aliphatic heterocycles. The largest absolute Gasteiger partial charge is 0.459 e. The predicted molar refractivity (Wildman–Crippen MR) is 132 cm³/mol. The Morgan fingerprint density at radius 3 is 2.74 bits per heavy atom. The molecule has 0 saturated carbocycles. The van der Waals surface area contributed by atoms with Crippen LogP contribution in [0.1, 0.15) is 54.1 Å². The first-order valence-corrected chi connectivity index (χ1v) is 13.6. The summed E-state index contributed by atoms with van der Waals surface area (Å²) in [5.41, 5.74) is 2.39. The zero-order chi connectivity index (χ0) is 25.0. The molecule has 0 spiro atoms. The first-order valence-electron chi connectivity index (χ1n) is 12.0. The molecule has 3 aromatic rings. The SMILES string of the molecule is Cc1cccc(CS(=O)(=O)c2ncc(CN(C[C@H]3CCCO3)C(=O)c3ccco3)n2CC(C)C)c1. The van der Waals surface area contributed by atoms with Crippen LogP contribution in [0.2, 0.25) is 0 Å². The number of carbonyl (C=O) groups excluding carboxylic acids is 1. The Morgan fingerprint density at radius 2 is 2.09 bits per heavy atom. The molecule has 188 valence electrons. The Morgan fingerprint density at radius 1 is 1.26 bits per heavy atom. The standard InChI is InChI=1S/C26H33N3O5S/c1-19(2)15-29-22(14-27-26(29)35(31,32)18-21-8-4-7-20(3)13-21)16-28(17-23-9-5-11-33-23)25(30)24-10-6-12-34-24/h4,6-8,10,12-14,19,23H,5,9,11,15-18H2,1-3H3/t23-/m1/s1. The minimum atomic E-state index is -3.70. The fourth-order valence-corrected chi connectivity index (χ4v) is 5.91. The van der Waals surface area contributed by atoms with Crippen molar-refractivity contribution in [1.29, 1.82) is 0 Å². The van der Waals surface area contributed by atoms with Gasteiger partial charge in [-0.1, -0.05) is 43.7 Å². The number of carbonyl (C=O) groups is 1. The Kier molecular flexibility index (Phi) is 7.76. The summed E-state index contributed by atoms with van der Waals surface area (Å²) in [7, 11) is -3.70. The zero-order valence-corrected chi connectivity index (χ0v) is 21.3. The van der Waals surface area contributed by atoms with Gasteiger partial charge in [0.05, 0.1) is 36.6 Å². The Bertz CT molecular complexity index is 1240. The van der Waals surface area contributed by atoms with Crippen molar-refractivity contribution in [3.63, 3.8) is 0 Å². The van der Waals surface area contributed by atoms with Gasteiger partial charge in [-0.2, -0.15) is 0 Å². The van der Waals surface area contributed by atoms with Gasteiger partial charge in [0.1, 0.15) is 0 Å². The van der Waals surface area contributed by atoms with Crippen LogP contribution >= 0.6 is 0 Å². The van der Waals surface area contributed by atoms with Gasteiger partial charge in [-0.3, -0.25) is 4.79 Å². The normalized spacial score (nSPS) is 16.2. The van der Waals surface area contributed by atoms with Crippen molar-refractivity contribution in [3.8, 4) is 0 Å². The predicted octanol–water partition coefficient (Wildman–Crippen LogP) is 4.24. The van der Waals surface area contributed by atoms with Gasteiger partial charge in [-0.05, 0) is 43.4 Å². The van der Waals surface area contributed by atoms with E-state index in [2.05, 4.69) is 4.98 Å². The number of furan rings is 1. The highest BCUT2D eigenvalue weighted by Crippen LogP contribution is 2.23. The highest BCUT2D eigenvalue weighted by atomic mass is 32.2. The maximum absolute atomic E-state index is 13.4. The first kappa shape index (κ1) is 25.2. The van der Waals surface area contributed by atoms with Crippen LogP contribution in [0.25, 0.3) is 0 Å². The van der Waals surface area contributed by atoms with Gasteiger partial charge in [0, 0.05) is 19.7 Å². The number of sulfone groups is 1. The molecule has 0 bridgehead atoms. The van der Waals surface area contributed by atoms with Gasteiger partial charge in [0.2, 0.25) is 15.0 Å². The first-order chi connectivity index (χ1) is 16.7. The van der Waals surface area contributed by atoms with Crippen LogP contribution < -0.4 is 0 Å². The summed E-state index contributed by atoms with van der Waals surface area (Å²) in [5.74, 6) is 0.0363. The number of benzene rings is 1. The van der Waals surface area contributed by atoms with Crippen molar-refractivity contribution in [3.05, 3.63) is 71.4 Å². The molecule has 2 aromatic heterocycles. The molecule has 4 rings (SSSR count). The molecule has 1 atom stereocenters. The van der Waals surface area contributed by atoms with Crippen molar-refractivity contribution in [1.82, 2.24) is 14.5 Å². The van der Waals surface area contributed by atoms with Crippen LogP contribution in [0, 0.1) is 12.8 Å². The molecule has 8 nitrogen and oxygen atoms in total. The third-order valence-corrected chi connectivity index (χ3v) is 7.58.